The van der Waals surface area contributed by atoms with Crippen LogP contribution in [0.1, 0.15) is 5.69 Å². The summed E-state index contributed by atoms with van der Waals surface area (Å²) >= 11 is 0.352. The van der Waals surface area contributed by atoms with Gasteiger partial charge < -0.3 is 0 Å². The normalized spacial score (nSPS) is 12.5. The Balaban J connectivity index is 1.92. The number of hydrogen-bond acceptors (Lipinski definition) is 11. The zero-order valence-corrected chi connectivity index (χ0v) is 20.9. The number of nitrogens with zero attached hydrogens (tertiary/aromatic N) is 3. The van der Waals surface area contributed by atoms with E-state index in [9.17, 15) is 30.7 Å². The third-order valence-corrected chi connectivity index (χ3v) is 7.33. The van der Waals surface area contributed by atoms with Crippen molar-refractivity contribution in [2.24, 2.45) is 10.2 Å². The molecule has 0 unspecified atom stereocenters. The number of aromatic amines is 1. The van der Waals surface area contributed by atoms with Crippen molar-refractivity contribution in [2.75, 3.05) is 0 Å². The Bertz CT molecular complexity index is 1800. The zero-order chi connectivity index (χ0) is 27.0. The van der Waals surface area contributed by atoms with Crippen molar-refractivity contribution in [2.45, 2.75) is 21.6 Å². The lowest BCUT2D eigenvalue weighted by Crippen LogP contribution is -2.13. The van der Waals surface area contributed by atoms with Gasteiger partial charge >= 0.3 is 0 Å². The molecule has 1 heterocycles. The van der Waals surface area contributed by atoms with Gasteiger partial charge in [-0.3, -0.25) is 19.0 Å². The van der Waals surface area contributed by atoms with E-state index in [1.54, 1.807) is 30.3 Å². The van der Waals surface area contributed by atoms with Crippen molar-refractivity contribution in [3.63, 3.8) is 0 Å². The number of fused-ring (bicyclic) bond motifs is 1. The largest absolute Gasteiger partial charge is 0.299 e. The minimum atomic E-state index is -4.93. The second kappa shape index (κ2) is 10.1. The van der Waals surface area contributed by atoms with Gasteiger partial charge in [-0.05, 0) is 48.7 Å². The molecule has 0 aliphatic heterocycles. The number of azo groups is 1. The molecule has 3 aromatic carbocycles. The van der Waals surface area contributed by atoms with E-state index in [0.717, 1.165) is 18.2 Å². The molecule has 14 nitrogen and oxygen atoms in total. The highest BCUT2D eigenvalue weighted by Crippen LogP contribution is 2.37. The van der Waals surface area contributed by atoms with E-state index >= 15 is 0 Å². The van der Waals surface area contributed by atoms with Gasteiger partial charge in [0.1, 0.15) is 15.5 Å². The van der Waals surface area contributed by atoms with Crippen molar-refractivity contribution >= 4 is 54.4 Å². The maximum Gasteiger partial charge on any atom is 0.299 e. The highest BCUT2D eigenvalue weighted by Gasteiger charge is 2.23. The van der Waals surface area contributed by atoms with E-state index in [1.165, 1.54) is 17.7 Å². The summed E-state index contributed by atoms with van der Waals surface area (Å²) in [6.07, 6.45) is 0. The van der Waals surface area contributed by atoms with Crippen LogP contribution in [0.4, 0.5) is 11.4 Å². The van der Waals surface area contributed by atoms with Crippen LogP contribution < -0.4 is 5.56 Å². The van der Waals surface area contributed by atoms with Crippen molar-refractivity contribution in [3.05, 3.63) is 70.6 Å². The van der Waals surface area contributed by atoms with Crippen LogP contribution in [-0.2, 0) is 29.6 Å². The smallest absolute Gasteiger partial charge is 0.293 e. The van der Waals surface area contributed by atoms with Gasteiger partial charge in [-0.2, -0.15) is 16.8 Å². The van der Waals surface area contributed by atoms with Gasteiger partial charge in [-0.15, -0.1) is 14.6 Å². The summed E-state index contributed by atoms with van der Waals surface area (Å²) in [6, 6.07) is 12.6. The highest BCUT2D eigenvalue weighted by atomic mass is 32.2. The Morgan fingerprint density at radius 3 is 2.24 bits per heavy atom. The molecule has 0 aliphatic carbocycles. The number of benzene rings is 3. The predicted molar refractivity (Wildman–Crippen MR) is 130 cm³/mol. The Morgan fingerprint density at radius 2 is 1.62 bits per heavy atom. The Morgan fingerprint density at radius 1 is 0.946 bits per heavy atom. The summed E-state index contributed by atoms with van der Waals surface area (Å²) < 4.78 is 73.2. The van der Waals surface area contributed by atoms with E-state index in [-0.39, 0.29) is 27.0 Å². The Kier molecular flexibility index (Phi) is 7.31. The minimum absolute atomic E-state index is 0.0192. The van der Waals surface area contributed by atoms with Crippen molar-refractivity contribution in [3.8, 4) is 5.69 Å². The SMILES string of the molecule is Cc1[nH]n(-c2ccccc2)c(=O)c1N=Nc1cc2c(S(=O)(=O)O)cc(SOOO)cc2cc1S(=O)(=O)O. The number of nitrogens with one attached hydrogen (secondary N) is 1. The molecule has 4 N–H and O–H groups in total. The van der Waals surface area contributed by atoms with Crippen LogP contribution in [0.3, 0.4) is 0 Å². The number of rotatable bonds is 8. The lowest BCUT2D eigenvalue weighted by Gasteiger charge is -2.10. The first kappa shape index (κ1) is 26.6. The van der Waals surface area contributed by atoms with E-state index in [1.807, 2.05) is 0 Å². The molecule has 0 bridgehead atoms. The molecular weight excluding hydrogens is 552 g/mol. The van der Waals surface area contributed by atoms with Crippen LogP contribution in [-0.4, -0.2) is 41.0 Å². The zero-order valence-electron chi connectivity index (χ0n) is 18.5. The molecular formula is C20H16N4O10S3. The maximum absolute atomic E-state index is 12.9. The monoisotopic (exact) mass is 568 g/mol. The van der Waals surface area contributed by atoms with Crippen LogP contribution in [0.15, 0.2) is 84.3 Å². The second-order valence-corrected chi connectivity index (χ2v) is 11.0. The van der Waals surface area contributed by atoms with Crippen LogP contribution in [0.2, 0.25) is 0 Å². The summed E-state index contributed by atoms with van der Waals surface area (Å²) in [6.45, 7) is 1.53. The third kappa shape index (κ3) is 5.63. The van der Waals surface area contributed by atoms with E-state index in [2.05, 4.69) is 24.7 Å². The van der Waals surface area contributed by atoms with Crippen molar-refractivity contribution in [1.82, 2.24) is 9.78 Å². The van der Waals surface area contributed by atoms with Gasteiger partial charge in [-0.25, -0.2) is 9.94 Å². The molecule has 17 heteroatoms. The maximum atomic E-state index is 12.9. The summed E-state index contributed by atoms with van der Waals surface area (Å²) in [5.41, 5.74) is -0.496. The molecule has 4 rings (SSSR count). The van der Waals surface area contributed by atoms with Gasteiger partial charge in [0.2, 0.25) is 0 Å². The van der Waals surface area contributed by atoms with Gasteiger partial charge in [0.05, 0.1) is 23.4 Å². The van der Waals surface area contributed by atoms with Gasteiger partial charge in [0.25, 0.3) is 25.8 Å². The van der Waals surface area contributed by atoms with E-state index in [4.69, 9.17) is 5.26 Å². The second-order valence-electron chi connectivity index (χ2n) is 7.40. The molecule has 0 fully saturated rings. The lowest BCUT2D eigenvalue weighted by atomic mass is 10.1. The summed E-state index contributed by atoms with van der Waals surface area (Å²) in [5.74, 6) is 0. The van der Waals surface area contributed by atoms with E-state index < -0.39 is 41.3 Å². The van der Waals surface area contributed by atoms with Gasteiger partial charge in [-0.1, -0.05) is 23.2 Å². The number of hydrogen-bond donors (Lipinski definition) is 4. The number of para-hydroxylation sites is 1. The fraction of sp³-hybridized carbons (Fsp3) is 0.0500. The first-order chi connectivity index (χ1) is 17.4. The lowest BCUT2D eigenvalue weighted by molar-refractivity contribution is -0.432. The molecule has 0 saturated heterocycles. The van der Waals surface area contributed by atoms with Crippen LogP contribution >= 0.6 is 12.0 Å². The minimum Gasteiger partial charge on any atom is -0.293 e. The third-order valence-electron chi connectivity index (χ3n) is 5.00. The van der Waals surface area contributed by atoms with Crippen LogP contribution in [0.25, 0.3) is 16.5 Å². The summed E-state index contributed by atoms with van der Waals surface area (Å²) in [5, 5.41) is 22.0. The topological polar surface area (TPSA) is 210 Å². The van der Waals surface area contributed by atoms with Crippen molar-refractivity contribution < 1.29 is 40.6 Å². The average molecular weight is 569 g/mol. The Labute approximate surface area is 212 Å². The van der Waals surface area contributed by atoms with Crippen LogP contribution in [0.5, 0.6) is 0 Å². The first-order valence-corrected chi connectivity index (χ1v) is 13.5. The highest BCUT2D eigenvalue weighted by molar-refractivity contribution is 7.94. The molecule has 37 heavy (non-hydrogen) atoms. The standard InChI is InChI=1S/C20H16N4O10S3/c1-11-19(20(25)24(23-11)13-5-3-2-4-6-13)22-21-16-10-15-12(8-18(16)37(30,31)32)7-14(35-34-33-26)9-17(15)36(27,28)29/h2-10,23,26H,1H3,(H,27,28,29)(H,30,31,32). The molecule has 0 saturated carbocycles. The molecule has 0 aliphatic rings. The van der Waals surface area contributed by atoms with Crippen LogP contribution in [0, 0.1) is 6.92 Å². The quantitative estimate of drug-likeness (QED) is 0.0785. The molecule has 1 aromatic heterocycles. The number of H-pyrrole nitrogens is 1. The fourth-order valence-corrected chi connectivity index (χ4v) is 5.33. The van der Waals surface area contributed by atoms with Crippen molar-refractivity contribution in [1.29, 1.82) is 0 Å². The summed E-state index contributed by atoms with van der Waals surface area (Å²) in [4.78, 5) is 11.4. The number of aromatic nitrogens is 2. The fourth-order valence-electron chi connectivity index (χ4n) is 3.44. The van der Waals surface area contributed by atoms with Gasteiger partial charge in [0.15, 0.2) is 5.69 Å². The molecule has 0 atom stereocenters. The van der Waals surface area contributed by atoms with E-state index in [0.29, 0.717) is 17.7 Å². The number of aryl methyl sites for hydroxylation is 1. The first-order valence-electron chi connectivity index (χ1n) is 9.90. The Hall–Kier alpha value is -3.42. The summed E-state index contributed by atoms with van der Waals surface area (Å²) in [7, 11) is -9.79. The molecule has 0 radical (unpaired) electrons. The molecule has 0 spiro atoms. The predicted octanol–water partition coefficient (Wildman–Crippen LogP) is 3.96. The molecule has 4 aromatic rings. The average Bonchev–Trinajstić information content (AvgIpc) is 3.12. The van der Waals surface area contributed by atoms with Gasteiger partial charge in [0, 0.05) is 10.3 Å². The molecule has 0 amide bonds. The molecule has 194 valence electrons.